The van der Waals surface area contributed by atoms with E-state index in [-0.39, 0.29) is 18.0 Å². The summed E-state index contributed by atoms with van der Waals surface area (Å²) in [6.45, 7) is 4.03. The van der Waals surface area contributed by atoms with Gasteiger partial charge in [0.15, 0.2) is 11.6 Å². The summed E-state index contributed by atoms with van der Waals surface area (Å²) in [6.07, 6.45) is 1.41. The number of hydrogen-bond acceptors (Lipinski definition) is 4. The van der Waals surface area contributed by atoms with Gasteiger partial charge < -0.3 is 10.5 Å². The van der Waals surface area contributed by atoms with Gasteiger partial charge in [0.25, 0.3) is 5.69 Å². The van der Waals surface area contributed by atoms with Crippen LogP contribution in [-0.2, 0) is 0 Å². The van der Waals surface area contributed by atoms with Gasteiger partial charge >= 0.3 is 0 Å². The molecule has 5 nitrogen and oxygen atoms in total. The molecule has 0 saturated heterocycles. The molecule has 0 fully saturated rings. The lowest BCUT2D eigenvalue weighted by Crippen LogP contribution is -2.44. The van der Waals surface area contributed by atoms with Gasteiger partial charge in [0.1, 0.15) is 6.61 Å². The van der Waals surface area contributed by atoms with Crippen LogP contribution in [-0.4, -0.2) is 17.1 Å². The Kier molecular flexibility index (Phi) is 4.61. The Labute approximate surface area is 105 Å². The maximum Gasteiger partial charge on any atom is 0.272 e. The number of nitrogens with two attached hydrogens (primary N) is 1. The minimum atomic E-state index is -0.751. The topological polar surface area (TPSA) is 78.4 Å². The van der Waals surface area contributed by atoms with E-state index in [9.17, 15) is 14.5 Å². The summed E-state index contributed by atoms with van der Waals surface area (Å²) < 4.78 is 18.8. The molecule has 0 aliphatic heterocycles. The Morgan fingerprint density at radius 2 is 2.06 bits per heavy atom. The SMILES string of the molecule is CCC(N)(CC)COc1ccc([N+](=O)[O-])cc1F. The molecule has 0 saturated carbocycles. The number of hydrogen-bond donors (Lipinski definition) is 1. The third-order valence-corrected chi connectivity index (χ3v) is 3.05. The first kappa shape index (κ1) is 14.4. The number of benzene rings is 1. The van der Waals surface area contributed by atoms with Gasteiger partial charge in [-0.2, -0.15) is 0 Å². The second-order valence-electron chi connectivity index (χ2n) is 4.23. The molecule has 0 aromatic heterocycles. The highest BCUT2D eigenvalue weighted by molar-refractivity contribution is 5.37. The molecule has 1 aromatic carbocycles. The van der Waals surface area contributed by atoms with Crippen molar-refractivity contribution in [3.8, 4) is 5.75 Å². The van der Waals surface area contributed by atoms with Gasteiger partial charge in [0.05, 0.1) is 11.0 Å². The molecule has 1 aromatic rings. The van der Waals surface area contributed by atoms with Gasteiger partial charge in [0.2, 0.25) is 0 Å². The van der Waals surface area contributed by atoms with Crippen LogP contribution in [0.25, 0.3) is 0 Å². The maximum atomic E-state index is 13.5. The van der Waals surface area contributed by atoms with Gasteiger partial charge in [-0.1, -0.05) is 13.8 Å². The molecular weight excluding hydrogens is 239 g/mol. The highest BCUT2D eigenvalue weighted by Gasteiger charge is 2.22. The van der Waals surface area contributed by atoms with Crippen molar-refractivity contribution in [2.45, 2.75) is 32.2 Å². The summed E-state index contributed by atoms with van der Waals surface area (Å²) in [6, 6.07) is 3.29. The standard InChI is InChI=1S/C12H17FN2O3/c1-3-12(14,4-2)8-18-11-6-5-9(15(16)17)7-10(11)13/h5-7H,3-4,8,14H2,1-2H3. The summed E-state index contributed by atoms with van der Waals surface area (Å²) in [4.78, 5) is 9.80. The molecule has 0 aliphatic carbocycles. The number of non-ortho nitro benzene ring substituents is 1. The van der Waals surface area contributed by atoms with Crippen LogP contribution in [0.3, 0.4) is 0 Å². The first-order valence-electron chi connectivity index (χ1n) is 5.77. The fourth-order valence-corrected chi connectivity index (χ4v) is 1.40. The van der Waals surface area contributed by atoms with Crippen molar-refractivity contribution >= 4 is 5.69 Å². The van der Waals surface area contributed by atoms with E-state index < -0.39 is 16.3 Å². The zero-order valence-electron chi connectivity index (χ0n) is 10.5. The van der Waals surface area contributed by atoms with Crippen LogP contribution in [0.4, 0.5) is 10.1 Å². The highest BCUT2D eigenvalue weighted by Crippen LogP contribution is 2.24. The Hall–Kier alpha value is -1.69. The van der Waals surface area contributed by atoms with Crippen LogP contribution >= 0.6 is 0 Å². The van der Waals surface area contributed by atoms with E-state index in [1.165, 1.54) is 12.1 Å². The predicted octanol–water partition coefficient (Wildman–Crippen LogP) is 2.63. The summed E-state index contributed by atoms with van der Waals surface area (Å²) >= 11 is 0. The fraction of sp³-hybridized carbons (Fsp3) is 0.500. The summed E-state index contributed by atoms with van der Waals surface area (Å²) in [5.41, 5.74) is 5.21. The van der Waals surface area contributed by atoms with Gasteiger partial charge in [-0.15, -0.1) is 0 Å². The lowest BCUT2D eigenvalue weighted by Gasteiger charge is -2.26. The molecule has 0 bridgehead atoms. The number of halogens is 1. The Morgan fingerprint density at radius 1 is 1.44 bits per heavy atom. The molecule has 2 N–H and O–H groups in total. The van der Waals surface area contributed by atoms with Gasteiger partial charge in [0, 0.05) is 11.6 Å². The van der Waals surface area contributed by atoms with E-state index in [1.54, 1.807) is 0 Å². The highest BCUT2D eigenvalue weighted by atomic mass is 19.1. The Morgan fingerprint density at radius 3 is 2.50 bits per heavy atom. The molecule has 0 amide bonds. The molecule has 6 heteroatoms. The van der Waals surface area contributed by atoms with Crippen molar-refractivity contribution < 1.29 is 14.1 Å². The third kappa shape index (κ3) is 3.40. The van der Waals surface area contributed by atoms with E-state index in [2.05, 4.69) is 0 Å². The second-order valence-corrected chi connectivity index (χ2v) is 4.23. The third-order valence-electron chi connectivity index (χ3n) is 3.05. The molecular formula is C12H17FN2O3. The minimum absolute atomic E-state index is 0.0164. The van der Waals surface area contributed by atoms with Crippen molar-refractivity contribution in [1.29, 1.82) is 0 Å². The molecule has 0 radical (unpaired) electrons. The molecule has 100 valence electrons. The van der Waals surface area contributed by atoms with E-state index in [4.69, 9.17) is 10.5 Å². The number of rotatable bonds is 6. The number of nitrogens with zero attached hydrogens (tertiary/aromatic N) is 1. The van der Waals surface area contributed by atoms with E-state index in [0.717, 1.165) is 6.07 Å². The molecule has 0 atom stereocenters. The monoisotopic (exact) mass is 256 g/mol. The maximum absolute atomic E-state index is 13.5. The molecule has 18 heavy (non-hydrogen) atoms. The zero-order chi connectivity index (χ0) is 13.8. The van der Waals surface area contributed by atoms with Crippen molar-refractivity contribution in [3.05, 3.63) is 34.1 Å². The molecule has 0 aliphatic rings. The van der Waals surface area contributed by atoms with E-state index >= 15 is 0 Å². The largest absolute Gasteiger partial charge is 0.489 e. The first-order chi connectivity index (χ1) is 8.41. The molecule has 0 heterocycles. The van der Waals surface area contributed by atoms with E-state index in [1.807, 2.05) is 13.8 Å². The van der Waals surface area contributed by atoms with Crippen LogP contribution in [0.15, 0.2) is 18.2 Å². The first-order valence-corrected chi connectivity index (χ1v) is 5.77. The van der Waals surface area contributed by atoms with Crippen LogP contribution < -0.4 is 10.5 Å². The van der Waals surface area contributed by atoms with Crippen LogP contribution in [0.2, 0.25) is 0 Å². The molecule has 1 rings (SSSR count). The quantitative estimate of drug-likeness (QED) is 0.626. The van der Waals surface area contributed by atoms with Gasteiger partial charge in [-0.05, 0) is 18.9 Å². The van der Waals surface area contributed by atoms with Crippen molar-refractivity contribution in [3.63, 3.8) is 0 Å². The molecule has 0 unspecified atom stereocenters. The zero-order valence-corrected chi connectivity index (χ0v) is 10.5. The smallest absolute Gasteiger partial charge is 0.272 e. The van der Waals surface area contributed by atoms with Crippen LogP contribution in [0.1, 0.15) is 26.7 Å². The van der Waals surface area contributed by atoms with Crippen molar-refractivity contribution in [2.75, 3.05) is 6.61 Å². The summed E-state index contributed by atoms with van der Waals surface area (Å²) in [5, 5.41) is 10.5. The molecule has 0 spiro atoms. The lowest BCUT2D eigenvalue weighted by molar-refractivity contribution is -0.385. The van der Waals surface area contributed by atoms with Crippen LogP contribution in [0.5, 0.6) is 5.75 Å². The lowest BCUT2D eigenvalue weighted by atomic mass is 9.96. The summed E-state index contributed by atoms with van der Waals surface area (Å²) in [7, 11) is 0. The number of nitro groups is 1. The Balaban J connectivity index is 2.77. The van der Waals surface area contributed by atoms with Gasteiger partial charge in [-0.25, -0.2) is 4.39 Å². The normalized spacial score (nSPS) is 11.3. The van der Waals surface area contributed by atoms with Crippen molar-refractivity contribution in [1.82, 2.24) is 0 Å². The minimum Gasteiger partial charge on any atom is -0.489 e. The van der Waals surface area contributed by atoms with Gasteiger partial charge in [-0.3, -0.25) is 10.1 Å². The fourth-order valence-electron chi connectivity index (χ4n) is 1.40. The predicted molar refractivity (Wildman–Crippen MR) is 66.0 cm³/mol. The number of ether oxygens (including phenoxy) is 1. The average Bonchev–Trinajstić information content (AvgIpc) is 2.36. The number of nitro benzene ring substituents is 1. The van der Waals surface area contributed by atoms with E-state index in [0.29, 0.717) is 12.8 Å². The van der Waals surface area contributed by atoms with Crippen LogP contribution in [0, 0.1) is 15.9 Å². The Bertz CT molecular complexity index is 433. The second kappa shape index (κ2) is 5.77. The summed E-state index contributed by atoms with van der Waals surface area (Å²) in [5.74, 6) is -0.768. The average molecular weight is 256 g/mol. The van der Waals surface area contributed by atoms with Crippen molar-refractivity contribution in [2.24, 2.45) is 5.73 Å².